The predicted octanol–water partition coefficient (Wildman–Crippen LogP) is 4.07. The quantitative estimate of drug-likeness (QED) is 0.717. The standard InChI is InChI=1S/C19H29NO3S/c1-2-3-15-23-18(22)20-12-9-19(10-13-20,11-14-21)24-16-17-7-5-4-6-8-17/h4-8,21H,2-3,9-16H2,1H3. The minimum atomic E-state index is -0.186. The first kappa shape index (κ1) is 19.1. The number of ether oxygens (including phenoxy) is 1. The fourth-order valence-electron chi connectivity index (χ4n) is 2.97. The van der Waals surface area contributed by atoms with E-state index in [1.54, 1.807) is 0 Å². The Hall–Kier alpha value is -1.20. The number of thioether (sulfide) groups is 1. The molecule has 134 valence electrons. The number of carbonyl (C=O) groups is 1. The molecule has 5 heteroatoms. The summed E-state index contributed by atoms with van der Waals surface area (Å²) in [6.45, 7) is 4.22. The third-order valence-electron chi connectivity index (χ3n) is 4.61. The van der Waals surface area contributed by atoms with Gasteiger partial charge in [0.25, 0.3) is 0 Å². The number of rotatable bonds is 8. The van der Waals surface area contributed by atoms with Crippen LogP contribution in [0.3, 0.4) is 0 Å². The van der Waals surface area contributed by atoms with Gasteiger partial charge in [-0.3, -0.25) is 0 Å². The van der Waals surface area contributed by atoms with Crippen LogP contribution in [0, 0.1) is 0 Å². The zero-order chi connectivity index (χ0) is 17.3. The predicted molar refractivity (Wildman–Crippen MR) is 99.2 cm³/mol. The van der Waals surface area contributed by atoms with Crippen molar-refractivity contribution in [2.75, 3.05) is 26.3 Å². The second-order valence-corrected chi connectivity index (χ2v) is 7.83. The second-order valence-electron chi connectivity index (χ2n) is 6.39. The van der Waals surface area contributed by atoms with E-state index in [0.29, 0.717) is 19.7 Å². The number of amides is 1. The SMILES string of the molecule is CCCCOC(=O)N1CCC(CCO)(SCc2ccccc2)CC1. The van der Waals surface area contributed by atoms with Gasteiger partial charge < -0.3 is 14.7 Å². The number of hydrogen-bond acceptors (Lipinski definition) is 4. The van der Waals surface area contributed by atoms with Gasteiger partial charge in [0, 0.05) is 30.2 Å². The first-order valence-corrected chi connectivity index (χ1v) is 9.88. The van der Waals surface area contributed by atoms with Crippen molar-refractivity contribution in [2.24, 2.45) is 0 Å². The monoisotopic (exact) mass is 351 g/mol. The maximum Gasteiger partial charge on any atom is 0.409 e. The van der Waals surface area contributed by atoms with Crippen molar-refractivity contribution < 1.29 is 14.6 Å². The van der Waals surface area contributed by atoms with E-state index < -0.39 is 0 Å². The highest BCUT2D eigenvalue weighted by Crippen LogP contribution is 2.40. The van der Waals surface area contributed by atoms with E-state index in [2.05, 4.69) is 31.2 Å². The fourth-order valence-corrected chi connectivity index (χ4v) is 4.35. The van der Waals surface area contributed by atoms with E-state index in [1.165, 1.54) is 5.56 Å². The largest absolute Gasteiger partial charge is 0.449 e. The molecular weight excluding hydrogens is 322 g/mol. The normalized spacial score (nSPS) is 16.8. The summed E-state index contributed by atoms with van der Waals surface area (Å²) in [5.74, 6) is 0.946. The molecule has 0 bridgehead atoms. The number of hydrogen-bond donors (Lipinski definition) is 1. The number of piperidine rings is 1. The minimum Gasteiger partial charge on any atom is -0.449 e. The van der Waals surface area contributed by atoms with E-state index in [9.17, 15) is 9.90 Å². The number of likely N-dealkylation sites (tertiary alicyclic amines) is 1. The smallest absolute Gasteiger partial charge is 0.409 e. The lowest BCUT2D eigenvalue weighted by Gasteiger charge is -2.41. The molecule has 2 rings (SSSR count). The number of nitrogens with zero attached hydrogens (tertiary/aromatic N) is 1. The van der Waals surface area contributed by atoms with Gasteiger partial charge in [-0.25, -0.2) is 4.79 Å². The number of unbranched alkanes of at least 4 members (excludes halogenated alkanes) is 1. The van der Waals surface area contributed by atoms with Gasteiger partial charge in [-0.15, -0.1) is 0 Å². The van der Waals surface area contributed by atoms with Crippen LogP contribution < -0.4 is 0 Å². The summed E-state index contributed by atoms with van der Waals surface area (Å²) in [5.41, 5.74) is 1.31. The summed E-state index contributed by atoms with van der Waals surface area (Å²) in [7, 11) is 0. The Balaban J connectivity index is 1.85. The summed E-state index contributed by atoms with van der Waals surface area (Å²) in [5, 5.41) is 9.48. The molecule has 1 amide bonds. The molecule has 0 aromatic heterocycles. The minimum absolute atomic E-state index is 0.0603. The van der Waals surface area contributed by atoms with Gasteiger partial charge in [0.05, 0.1) is 6.61 Å². The molecule has 1 aliphatic heterocycles. The summed E-state index contributed by atoms with van der Waals surface area (Å²) in [4.78, 5) is 13.9. The molecule has 1 heterocycles. The van der Waals surface area contributed by atoms with Crippen LogP contribution in [0.2, 0.25) is 0 Å². The van der Waals surface area contributed by atoms with Crippen molar-refractivity contribution in [3.8, 4) is 0 Å². The Kier molecular flexibility index (Phi) is 7.92. The number of benzene rings is 1. The lowest BCUT2D eigenvalue weighted by molar-refractivity contribution is 0.0876. The number of aliphatic hydroxyl groups excluding tert-OH is 1. The van der Waals surface area contributed by atoms with Crippen molar-refractivity contribution in [3.63, 3.8) is 0 Å². The van der Waals surface area contributed by atoms with Gasteiger partial charge >= 0.3 is 6.09 Å². The average Bonchev–Trinajstić information content (AvgIpc) is 2.62. The molecule has 1 aromatic rings. The molecular formula is C19H29NO3S. The zero-order valence-electron chi connectivity index (χ0n) is 14.6. The van der Waals surface area contributed by atoms with Crippen molar-refractivity contribution in [2.45, 2.75) is 49.5 Å². The van der Waals surface area contributed by atoms with Gasteiger partial charge in [0.1, 0.15) is 0 Å². The van der Waals surface area contributed by atoms with E-state index >= 15 is 0 Å². The molecule has 1 fully saturated rings. The average molecular weight is 352 g/mol. The highest BCUT2D eigenvalue weighted by Gasteiger charge is 2.36. The van der Waals surface area contributed by atoms with Gasteiger partial charge in [-0.1, -0.05) is 43.7 Å². The second kappa shape index (κ2) is 9.94. The topological polar surface area (TPSA) is 49.8 Å². The number of carbonyl (C=O) groups excluding carboxylic acids is 1. The van der Waals surface area contributed by atoms with Crippen LogP contribution in [0.5, 0.6) is 0 Å². The maximum atomic E-state index is 12.1. The highest BCUT2D eigenvalue weighted by molar-refractivity contribution is 7.99. The summed E-state index contributed by atoms with van der Waals surface area (Å²) >= 11 is 1.92. The molecule has 1 saturated heterocycles. The molecule has 0 spiro atoms. The molecule has 24 heavy (non-hydrogen) atoms. The van der Waals surface area contributed by atoms with Crippen LogP contribution in [0.25, 0.3) is 0 Å². The first-order chi connectivity index (χ1) is 11.7. The Morgan fingerprint density at radius 1 is 1.29 bits per heavy atom. The molecule has 0 radical (unpaired) electrons. The van der Waals surface area contributed by atoms with Crippen molar-refractivity contribution in [1.29, 1.82) is 0 Å². The summed E-state index contributed by atoms with van der Waals surface area (Å²) < 4.78 is 5.37. The van der Waals surface area contributed by atoms with E-state index in [0.717, 1.165) is 37.9 Å². The van der Waals surface area contributed by atoms with Gasteiger partial charge in [-0.2, -0.15) is 11.8 Å². The molecule has 0 atom stereocenters. The lowest BCUT2D eigenvalue weighted by atomic mass is 9.93. The summed E-state index contributed by atoms with van der Waals surface area (Å²) in [6.07, 6.45) is 4.36. The molecule has 0 aliphatic carbocycles. The van der Waals surface area contributed by atoms with Crippen LogP contribution in [-0.2, 0) is 10.5 Å². The van der Waals surface area contributed by atoms with Crippen molar-refractivity contribution in [3.05, 3.63) is 35.9 Å². The van der Waals surface area contributed by atoms with E-state index in [-0.39, 0.29) is 17.4 Å². The first-order valence-electron chi connectivity index (χ1n) is 8.89. The van der Waals surface area contributed by atoms with E-state index in [4.69, 9.17) is 4.74 Å². The molecule has 0 unspecified atom stereocenters. The van der Waals surface area contributed by atoms with Crippen molar-refractivity contribution >= 4 is 17.9 Å². The zero-order valence-corrected chi connectivity index (χ0v) is 15.4. The Morgan fingerprint density at radius 2 is 2.00 bits per heavy atom. The third kappa shape index (κ3) is 5.71. The Morgan fingerprint density at radius 3 is 2.62 bits per heavy atom. The summed E-state index contributed by atoms with van der Waals surface area (Å²) in [6, 6.07) is 10.4. The fraction of sp³-hybridized carbons (Fsp3) is 0.632. The van der Waals surface area contributed by atoms with Crippen molar-refractivity contribution in [1.82, 2.24) is 4.90 Å². The molecule has 1 aromatic carbocycles. The van der Waals surface area contributed by atoms with Crippen LogP contribution in [-0.4, -0.2) is 47.1 Å². The molecule has 0 saturated carbocycles. The van der Waals surface area contributed by atoms with Crippen LogP contribution in [0.15, 0.2) is 30.3 Å². The lowest BCUT2D eigenvalue weighted by Crippen LogP contribution is -2.45. The van der Waals surface area contributed by atoms with Crippen LogP contribution >= 0.6 is 11.8 Å². The number of aliphatic hydroxyl groups is 1. The maximum absolute atomic E-state index is 12.1. The highest BCUT2D eigenvalue weighted by atomic mass is 32.2. The molecule has 4 nitrogen and oxygen atoms in total. The van der Waals surface area contributed by atoms with Gasteiger partial charge in [-0.05, 0) is 31.2 Å². The molecule has 1 N–H and O–H groups in total. The van der Waals surface area contributed by atoms with E-state index in [1.807, 2.05) is 22.7 Å². The Labute approximate surface area is 149 Å². The Bertz CT molecular complexity index is 487. The third-order valence-corrected chi connectivity index (χ3v) is 6.31. The van der Waals surface area contributed by atoms with Crippen LogP contribution in [0.4, 0.5) is 4.79 Å². The van der Waals surface area contributed by atoms with Crippen LogP contribution in [0.1, 0.15) is 44.6 Å². The molecule has 1 aliphatic rings. The van der Waals surface area contributed by atoms with Gasteiger partial charge in [0.15, 0.2) is 0 Å². The van der Waals surface area contributed by atoms with Gasteiger partial charge in [0.2, 0.25) is 0 Å².